The largest absolute Gasteiger partial charge is 0.443 e. The predicted molar refractivity (Wildman–Crippen MR) is 137 cm³/mol. The average molecular weight is 473 g/mol. The number of carbonyl (C=O) groups excluding carboxylic acids is 1. The Balaban J connectivity index is 1.23. The first-order chi connectivity index (χ1) is 16.7. The third-order valence-electron chi connectivity index (χ3n) is 6.41. The van der Waals surface area contributed by atoms with E-state index in [-0.39, 0.29) is 18.7 Å². The lowest BCUT2D eigenvalue weighted by Gasteiger charge is -2.38. The Morgan fingerprint density at radius 3 is 2.68 bits per heavy atom. The molecule has 5 rings (SSSR count). The molecule has 34 heavy (non-hydrogen) atoms. The van der Waals surface area contributed by atoms with Crippen LogP contribution in [-0.2, 0) is 11.3 Å². The molecule has 1 amide bonds. The second-order valence-corrected chi connectivity index (χ2v) is 9.20. The molecule has 0 saturated carbocycles. The topological polar surface area (TPSA) is 58.6 Å². The summed E-state index contributed by atoms with van der Waals surface area (Å²) in [5.41, 5.74) is 4.64. The van der Waals surface area contributed by atoms with Crippen LogP contribution in [0.2, 0.25) is 0 Å². The summed E-state index contributed by atoms with van der Waals surface area (Å²) in [5.74, 6) is 0.985. The van der Waals surface area contributed by atoms with E-state index in [1.54, 1.807) is 5.51 Å². The predicted octanol–water partition coefficient (Wildman–Crippen LogP) is 5.99. The number of carbonyl (C=O) groups is 1. The van der Waals surface area contributed by atoms with Crippen LogP contribution in [0, 0.1) is 0 Å². The van der Waals surface area contributed by atoms with Crippen molar-refractivity contribution in [1.82, 2.24) is 14.9 Å². The van der Waals surface area contributed by atoms with Crippen LogP contribution in [-0.4, -0.2) is 46.6 Å². The number of hydrogen-bond acceptors (Lipinski definition) is 6. The minimum atomic E-state index is -0.259. The molecule has 1 saturated heterocycles. The van der Waals surface area contributed by atoms with E-state index in [2.05, 4.69) is 70.5 Å². The van der Waals surface area contributed by atoms with E-state index >= 15 is 0 Å². The smallest absolute Gasteiger partial charge is 0.410 e. The van der Waals surface area contributed by atoms with Gasteiger partial charge in [0.2, 0.25) is 0 Å². The van der Waals surface area contributed by atoms with Crippen molar-refractivity contribution < 1.29 is 9.53 Å². The average Bonchev–Trinajstić information content (AvgIpc) is 3.42. The number of piperidine rings is 1. The molecular formula is C27H28N4O2S. The van der Waals surface area contributed by atoms with Crippen LogP contribution in [0.15, 0.2) is 71.6 Å². The van der Waals surface area contributed by atoms with Gasteiger partial charge < -0.3 is 14.5 Å². The maximum Gasteiger partial charge on any atom is 0.410 e. The fraction of sp³-hybridized carbons (Fsp3) is 0.296. The van der Waals surface area contributed by atoms with Crippen molar-refractivity contribution in [3.05, 3.63) is 77.2 Å². The van der Waals surface area contributed by atoms with Crippen molar-refractivity contribution in [1.29, 1.82) is 0 Å². The standard InChI is InChI=1S/C27H28N4O2S/c1-2-31(27(32)33-17-23-18-34-19-28-23)24-12-14-30(15-13-24)26-9-5-8-25(29-26)22-11-10-20-6-3-4-7-21(20)16-22/h3-11,16,18-19,24H,2,12-15,17H2,1H3. The van der Waals surface area contributed by atoms with Crippen LogP contribution >= 0.6 is 11.3 Å². The van der Waals surface area contributed by atoms with E-state index in [4.69, 9.17) is 9.72 Å². The van der Waals surface area contributed by atoms with E-state index in [1.807, 2.05) is 17.2 Å². The highest BCUT2D eigenvalue weighted by Gasteiger charge is 2.28. The summed E-state index contributed by atoms with van der Waals surface area (Å²) < 4.78 is 5.50. The first-order valence-electron chi connectivity index (χ1n) is 11.7. The maximum absolute atomic E-state index is 12.7. The van der Waals surface area contributed by atoms with Crippen molar-refractivity contribution in [3.63, 3.8) is 0 Å². The molecule has 0 aliphatic carbocycles. The number of anilines is 1. The van der Waals surface area contributed by atoms with Crippen LogP contribution in [0.4, 0.5) is 10.6 Å². The van der Waals surface area contributed by atoms with Gasteiger partial charge >= 0.3 is 6.09 Å². The third kappa shape index (κ3) is 4.89. The molecule has 2 aromatic carbocycles. The lowest BCUT2D eigenvalue weighted by Crippen LogP contribution is -2.47. The molecule has 0 atom stereocenters. The number of thiazole rings is 1. The van der Waals surface area contributed by atoms with Gasteiger partial charge in [-0.2, -0.15) is 0 Å². The van der Waals surface area contributed by atoms with Crippen LogP contribution in [0.25, 0.3) is 22.0 Å². The Bertz CT molecular complexity index is 1250. The Morgan fingerprint density at radius 2 is 1.91 bits per heavy atom. The van der Waals surface area contributed by atoms with E-state index < -0.39 is 0 Å². The number of hydrogen-bond donors (Lipinski definition) is 0. The number of rotatable bonds is 6. The van der Waals surface area contributed by atoms with Gasteiger partial charge in [0.1, 0.15) is 12.4 Å². The normalized spacial score (nSPS) is 14.3. The van der Waals surface area contributed by atoms with Gasteiger partial charge in [0.15, 0.2) is 0 Å². The summed E-state index contributed by atoms with van der Waals surface area (Å²) in [6.45, 7) is 4.58. The summed E-state index contributed by atoms with van der Waals surface area (Å²) in [4.78, 5) is 26.0. The Kier molecular flexibility index (Phi) is 6.72. The van der Waals surface area contributed by atoms with Crippen molar-refractivity contribution in [3.8, 4) is 11.3 Å². The van der Waals surface area contributed by atoms with E-state index in [0.717, 1.165) is 48.7 Å². The SMILES string of the molecule is CCN(C(=O)OCc1cscn1)C1CCN(c2cccc(-c3ccc4ccccc4c3)n2)CC1. The lowest BCUT2D eigenvalue weighted by atomic mass is 10.0. The highest BCUT2D eigenvalue weighted by molar-refractivity contribution is 7.07. The third-order valence-corrected chi connectivity index (χ3v) is 7.05. The Hall–Kier alpha value is -3.45. The molecule has 2 aromatic heterocycles. The second-order valence-electron chi connectivity index (χ2n) is 8.48. The fourth-order valence-electron chi connectivity index (χ4n) is 4.58. The molecule has 0 radical (unpaired) electrons. The zero-order valence-corrected chi connectivity index (χ0v) is 20.1. The molecule has 7 heteroatoms. The molecule has 0 spiro atoms. The molecule has 1 fully saturated rings. The number of pyridine rings is 1. The summed E-state index contributed by atoms with van der Waals surface area (Å²) in [5, 5.41) is 4.35. The number of aromatic nitrogens is 2. The van der Waals surface area contributed by atoms with Gasteiger partial charge in [-0.05, 0) is 48.7 Å². The van der Waals surface area contributed by atoms with E-state index in [0.29, 0.717) is 6.54 Å². The van der Waals surface area contributed by atoms with Gasteiger partial charge in [-0.15, -0.1) is 11.3 Å². The first-order valence-corrected chi connectivity index (χ1v) is 12.7. The molecule has 0 bridgehead atoms. The zero-order valence-electron chi connectivity index (χ0n) is 19.3. The molecule has 0 unspecified atom stereocenters. The molecule has 1 aliphatic heterocycles. The van der Waals surface area contributed by atoms with Gasteiger partial charge in [-0.3, -0.25) is 0 Å². The van der Waals surface area contributed by atoms with Crippen molar-refractivity contribution in [2.75, 3.05) is 24.5 Å². The summed E-state index contributed by atoms with van der Waals surface area (Å²) >= 11 is 1.50. The molecule has 1 aliphatic rings. The molecule has 0 N–H and O–H groups in total. The van der Waals surface area contributed by atoms with Crippen molar-refractivity contribution >= 4 is 34.0 Å². The van der Waals surface area contributed by atoms with Crippen molar-refractivity contribution in [2.45, 2.75) is 32.4 Å². The highest BCUT2D eigenvalue weighted by atomic mass is 32.1. The number of amides is 1. The first kappa shape index (κ1) is 22.3. The van der Waals surface area contributed by atoms with Crippen molar-refractivity contribution in [2.24, 2.45) is 0 Å². The van der Waals surface area contributed by atoms with Crippen LogP contribution in [0.5, 0.6) is 0 Å². The fourth-order valence-corrected chi connectivity index (χ4v) is 5.12. The van der Waals surface area contributed by atoms with Gasteiger partial charge in [0.05, 0.1) is 16.9 Å². The molecule has 4 aromatic rings. The van der Waals surface area contributed by atoms with E-state index in [9.17, 15) is 4.79 Å². The summed E-state index contributed by atoms with van der Waals surface area (Å²) in [7, 11) is 0. The number of benzene rings is 2. The number of ether oxygens (including phenoxy) is 1. The molecule has 174 valence electrons. The minimum Gasteiger partial charge on any atom is -0.443 e. The van der Waals surface area contributed by atoms with Gasteiger partial charge in [0, 0.05) is 36.6 Å². The quantitative estimate of drug-likeness (QED) is 0.345. The van der Waals surface area contributed by atoms with Gasteiger partial charge in [-0.25, -0.2) is 14.8 Å². The van der Waals surface area contributed by atoms with Crippen LogP contribution in [0.1, 0.15) is 25.5 Å². The summed E-state index contributed by atoms with van der Waals surface area (Å²) in [6.07, 6.45) is 1.52. The molecular weight excluding hydrogens is 444 g/mol. The maximum atomic E-state index is 12.7. The number of fused-ring (bicyclic) bond motifs is 1. The highest BCUT2D eigenvalue weighted by Crippen LogP contribution is 2.27. The van der Waals surface area contributed by atoms with Crippen LogP contribution < -0.4 is 4.90 Å². The van der Waals surface area contributed by atoms with E-state index in [1.165, 1.54) is 22.1 Å². The Morgan fingerprint density at radius 1 is 1.09 bits per heavy atom. The van der Waals surface area contributed by atoms with Crippen LogP contribution in [0.3, 0.4) is 0 Å². The molecule has 6 nitrogen and oxygen atoms in total. The lowest BCUT2D eigenvalue weighted by molar-refractivity contribution is 0.0765. The summed E-state index contributed by atoms with van der Waals surface area (Å²) in [6, 6.07) is 21.3. The molecule has 3 heterocycles. The second kappa shape index (κ2) is 10.2. The number of nitrogens with zero attached hydrogens (tertiary/aromatic N) is 4. The minimum absolute atomic E-state index is 0.174. The zero-order chi connectivity index (χ0) is 23.3. The van der Waals surface area contributed by atoms with Gasteiger partial charge in [-0.1, -0.05) is 42.5 Å². The van der Waals surface area contributed by atoms with Gasteiger partial charge in [0.25, 0.3) is 0 Å². The Labute approximate surface area is 203 Å². The monoisotopic (exact) mass is 472 g/mol.